The first-order chi connectivity index (χ1) is 11.6. The van der Waals surface area contributed by atoms with Gasteiger partial charge in [-0.1, -0.05) is 37.5 Å². The van der Waals surface area contributed by atoms with Crippen LogP contribution in [0.4, 0.5) is 0 Å². The summed E-state index contributed by atoms with van der Waals surface area (Å²) in [6, 6.07) is 9.51. The summed E-state index contributed by atoms with van der Waals surface area (Å²) in [7, 11) is 0. The lowest BCUT2D eigenvalue weighted by atomic mass is 9.84. The highest BCUT2D eigenvalue weighted by molar-refractivity contribution is 5.21. The molecule has 1 aromatic carbocycles. The summed E-state index contributed by atoms with van der Waals surface area (Å²) in [6.45, 7) is 2.81. The number of β-amino-alcohol motifs (C(OH)–C–C–N with tert-alkyl or cyclic N) is 2. The van der Waals surface area contributed by atoms with E-state index in [4.69, 9.17) is 9.47 Å². The number of benzene rings is 1. The summed E-state index contributed by atoms with van der Waals surface area (Å²) in [5.74, 6) is 0.743. The van der Waals surface area contributed by atoms with E-state index in [1.54, 1.807) is 0 Å². The normalized spacial score (nSPS) is 28.2. The van der Waals surface area contributed by atoms with Crippen LogP contribution in [0.2, 0.25) is 0 Å². The SMILES string of the molecule is OC1(CN2CCOC[C@](O)(COc3ccccc3)C2)CCCCC1. The molecule has 1 atom stereocenters. The van der Waals surface area contributed by atoms with E-state index in [9.17, 15) is 10.2 Å². The Hall–Kier alpha value is -1.14. The maximum absolute atomic E-state index is 10.9. The third-order valence-corrected chi connectivity index (χ3v) is 4.99. The molecule has 1 saturated carbocycles. The molecule has 24 heavy (non-hydrogen) atoms. The Morgan fingerprint density at radius 3 is 2.54 bits per heavy atom. The number of hydrogen-bond acceptors (Lipinski definition) is 5. The summed E-state index contributed by atoms with van der Waals surface area (Å²) < 4.78 is 11.3. The van der Waals surface area contributed by atoms with Crippen molar-refractivity contribution in [3.05, 3.63) is 30.3 Å². The molecule has 2 N–H and O–H groups in total. The lowest BCUT2D eigenvalue weighted by Gasteiger charge is -2.38. The number of ether oxygens (including phenoxy) is 2. The zero-order valence-electron chi connectivity index (χ0n) is 14.3. The van der Waals surface area contributed by atoms with Gasteiger partial charge in [0.05, 0.1) is 18.8 Å². The molecule has 0 aromatic heterocycles. The van der Waals surface area contributed by atoms with Gasteiger partial charge in [0.15, 0.2) is 0 Å². The molecule has 0 radical (unpaired) electrons. The Morgan fingerprint density at radius 1 is 1.04 bits per heavy atom. The minimum absolute atomic E-state index is 0.186. The Kier molecular flexibility index (Phi) is 5.76. The summed E-state index contributed by atoms with van der Waals surface area (Å²) in [5.41, 5.74) is -1.68. The fourth-order valence-electron chi connectivity index (χ4n) is 3.74. The van der Waals surface area contributed by atoms with E-state index >= 15 is 0 Å². The van der Waals surface area contributed by atoms with Crippen molar-refractivity contribution in [2.45, 2.75) is 43.3 Å². The second kappa shape index (κ2) is 7.83. The molecule has 1 heterocycles. The second-order valence-corrected chi connectivity index (χ2v) is 7.37. The fourth-order valence-corrected chi connectivity index (χ4v) is 3.74. The van der Waals surface area contributed by atoms with Gasteiger partial charge in [-0.05, 0) is 25.0 Å². The molecule has 1 aliphatic heterocycles. The van der Waals surface area contributed by atoms with E-state index in [-0.39, 0.29) is 13.2 Å². The molecular weight excluding hydrogens is 306 g/mol. The fraction of sp³-hybridized carbons (Fsp3) is 0.684. The van der Waals surface area contributed by atoms with E-state index in [0.717, 1.165) is 38.0 Å². The van der Waals surface area contributed by atoms with Gasteiger partial charge in [0.2, 0.25) is 0 Å². The summed E-state index contributed by atoms with van der Waals surface area (Å²) >= 11 is 0. The van der Waals surface area contributed by atoms with Gasteiger partial charge in [-0.25, -0.2) is 0 Å². The van der Waals surface area contributed by atoms with Crippen molar-refractivity contribution in [2.75, 3.05) is 39.5 Å². The zero-order valence-corrected chi connectivity index (χ0v) is 14.3. The van der Waals surface area contributed by atoms with Crippen LogP contribution >= 0.6 is 0 Å². The number of rotatable bonds is 5. The minimum Gasteiger partial charge on any atom is -0.490 e. The molecule has 0 bridgehead atoms. The van der Waals surface area contributed by atoms with Gasteiger partial charge in [0.1, 0.15) is 18.0 Å². The predicted molar refractivity (Wildman–Crippen MR) is 92.2 cm³/mol. The van der Waals surface area contributed by atoms with Gasteiger partial charge in [-0.3, -0.25) is 4.90 Å². The maximum atomic E-state index is 10.9. The van der Waals surface area contributed by atoms with E-state index in [1.807, 2.05) is 30.3 Å². The molecule has 0 spiro atoms. The number of hydrogen-bond donors (Lipinski definition) is 2. The highest BCUT2D eigenvalue weighted by Gasteiger charge is 2.37. The molecule has 3 rings (SSSR count). The van der Waals surface area contributed by atoms with Crippen molar-refractivity contribution < 1.29 is 19.7 Å². The van der Waals surface area contributed by atoms with Crippen LogP contribution in [-0.2, 0) is 4.74 Å². The highest BCUT2D eigenvalue weighted by Crippen LogP contribution is 2.29. The lowest BCUT2D eigenvalue weighted by Crippen LogP contribution is -2.53. The molecule has 1 aromatic rings. The quantitative estimate of drug-likeness (QED) is 0.859. The highest BCUT2D eigenvalue weighted by atomic mass is 16.5. The molecule has 134 valence electrons. The molecule has 1 saturated heterocycles. The van der Waals surface area contributed by atoms with Crippen molar-refractivity contribution >= 4 is 0 Å². The van der Waals surface area contributed by atoms with E-state index in [1.165, 1.54) is 6.42 Å². The molecule has 5 nitrogen and oxygen atoms in total. The van der Waals surface area contributed by atoms with Gasteiger partial charge < -0.3 is 19.7 Å². The summed E-state index contributed by atoms with van der Waals surface area (Å²) in [5, 5.41) is 21.7. The molecule has 2 aliphatic rings. The first-order valence-electron chi connectivity index (χ1n) is 9.00. The molecule has 0 unspecified atom stereocenters. The molecule has 2 fully saturated rings. The number of nitrogens with zero attached hydrogens (tertiary/aromatic N) is 1. The average molecular weight is 335 g/mol. The van der Waals surface area contributed by atoms with E-state index in [0.29, 0.717) is 19.7 Å². The van der Waals surface area contributed by atoms with Crippen LogP contribution in [0.3, 0.4) is 0 Å². The van der Waals surface area contributed by atoms with E-state index < -0.39 is 11.2 Å². The zero-order chi connectivity index (χ0) is 16.9. The van der Waals surface area contributed by atoms with Crippen molar-refractivity contribution in [2.24, 2.45) is 0 Å². The Balaban J connectivity index is 1.58. The monoisotopic (exact) mass is 335 g/mol. The van der Waals surface area contributed by atoms with Crippen molar-refractivity contribution in [1.82, 2.24) is 4.90 Å². The Bertz CT molecular complexity index is 503. The summed E-state index contributed by atoms with van der Waals surface area (Å²) in [4.78, 5) is 2.13. The van der Waals surface area contributed by atoms with Crippen LogP contribution in [-0.4, -0.2) is 65.8 Å². The topological polar surface area (TPSA) is 62.2 Å². The van der Waals surface area contributed by atoms with Crippen LogP contribution in [0.1, 0.15) is 32.1 Å². The van der Waals surface area contributed by atoms with Gasteiger partial charge in [0.25, 0.3) is 0 Å². The van der Waals surface area contributed by atoms with Crippen molar-refractivity contribution in [3.8, 4) is 5.75 Å². The third kappa shape index (κ3) is 4.93. The van der Waals surface area contributed by atoms with Crippen LogP contribution in [0, 0.1) is 0 Å². The number of aliphatic hydroxyl groups is 2. The van der Waals surface area contributed by atoms with Gasteiger partial charge >= 0.3 is 0 Å². The summed E-state index contributed by atoms with van der Waals surface area (Å²) in [6.07, 6.45) is 5.08. The average Bonchev–Trinajstić information content (AvgIpc) is 2.76. The molecular formula is C19H29NO4. The van der Waals surface area contributed by atoms with Crippen LogP contribution in [0.15, 0.2) is 30.3 Å². The molecule has 5 heteroatoms. The van der Waals surface area contributed by atoms with Crippen LogP contribution < -0.4 is 4.74 Å². The van der Waals surface area contributed by atoms with Gasteiger partial charge in [-0.15, -0.1) is 0 Å². The Labute approximate surface area is 144 Å². The van der Waals surface area contributed by atoms with Gasteiger partial charge in [-0.2, -0.15) is 0 Å². The van der Waals surface area contributed by atoms with Gasteiger partial charge in [0, 0.05) is 19.6 Å². The maximum Gasteiger partial charge on any atom is 0.134 e. The first kappa shape index (κ1) is 17.7. The largest absolute Gasteiger partial charge is 0.490 e. The predicted octanol–water partition coefficient (Wildman–Crippen LogP) is 1.82. The smallest absolute Gasteiger partial charge is 0.134 e. The lowest BCUT2D eigenvalue weighted by molar-refractivity contribution is -0.0759. The first-order valence-corrected chi connectivity index (χ1v) is 9.00. The van der Waals surface area contributed by atoms with Crippen molar-refractivity contribution in [3.63, 3.8) is 0 Å². The van der Waals surface area contributed by atoms with Crippen molar-refractivity contribution in [1.29, 1.82) is 0 Å². The van der Waals surface area contributed by atoms with Crippen LogP contribution in [0.25, 0.3) is 0 Å². The second-order valence-electron chi connectivity index (χ2n) is 7.37. The Morgan fingerprint density at radius 2 is 1.79 bits per heavy atom. The standard InChI is InChI=1S/C19H29NO4/c21-18(9-5-2-6-10-18)13-20-11-12-23-15-19(22,14-20)16-24-17-7-3-1-4-8-17/h1,3-4,7-8,21-22H,2,5-6,9-16H2/t19-/m0/s1. The van der Waals surface area contributed by atoms with E-state index in [2.05, 4.69) is 4.90 Å². The third-order valence-electron chi connectivity index (χ3n) is 4.99. The molecule has 0 amide bonds. The number of para-hydroxylation sites is 1. The molecule has 1 aliphatic carbocycles. The van der Waals surface area contributed by atoms with Crippen LogP contribution in [0.5, 0.6) is 5.75 Å². The minimum atomic E-state index is -1.06.